The fraction of sp³-hybridized carbons (Fsp3) is 0.321. The van der Waals surface area contributed by atoms with E-state index in [2.05, 4.69) is 50.1 Å². The predicted molar refractivity (Wildman–Crippen MR) is 148 cm³/mol. The number of carbonyl (C=O) groups excluding carboxylic acids is 2. The van der Waals surface area contributed by atoms with Crippen molar-refractivity contribution in [2.45, 2.75) is 45.6 Å². The third-order valence-corrected chi connectivity index (χ3v) is 7.75. The van der Waals surface area contributed by atoms with E-state index in [4.69, 9.17) is 0 Å². The number of thiazole rings is 1. The molecule has 5 rings (SSSR count). The van der Waals surface area contributed by atoms with Gasteiger partial charge in [0.2, 0.25) is 5.91 Å². The fourth-order valence-corrected chi connectivity index (χ4v) is 5.43. The summed E-state index contributed by atoms with van der Waals surface area (Å²) in [7, 11) is 0. The minimum atomic E-state index is -0.280. The molecule has 3 aromatic rings. The molecule has 1 aliphatic heterocycles. The Labute approximate surface area is 220 Å². The predicted octanol–water partition coefficient (Wildman–Crippen LogP) is 5.05. The number of nitrogens with zero attached hydrogens (tertiary/aromatic N) is 4. The lowest BCUT2D eigenvalue weighted by Crippen LogP contribution is -2.35. The summed E-state index contributed by atoms with van der Waals surface area (Å²) in [5.41, 5.74) is 6.18. The Kier molecular flexibility index (Phi) is 7.25. The Bertz CT molecular complexity index is 1400. The zero-order chi connectivity index (χ0) is 25.9. The molecule has 8 nitrogen and oxygen atoms in total. The van der Waals surface area contributed by atoms with Crippen molar-refractivity contribution in [3.05, 3.63) is 69.7 Å². The van der Waals surface area contributed by atoms with Gasteiger partial charge < -0.3 is 10.6 Å². The number of hydrogen-bond donors (Lipinski definition) is 2. The van der Waals surface area contributed by atoms with E-state index in [1.54, 1.807) is 35.9 Å². The molecule has 0 spiro atoms. The molecule has 1 saturated heterocycles. The molecule has 0 unspecified atom stereocenters. The Morgan fingerprint density at radius 3 is 2.84 bits per heavy atom. The standard InChI is InChI=1S/C28H30N6O2S/c1-4-27-32-25(16-37-27)19-7-8-23-20(10-19)11-21(13-30-23)28(36)33-24-12-22(14-29-18(24)3)31-26(35)15-34-9-5-6-17(34)2/h4,10-14,16-17H,1,5-9,15H2,2-3H3,(H,31,35)(H,33,36)/t17-/m0/s1. The van der Waals surface area contributed by atoms with Crippen LogP contribution in [0.4, 0.5) is 11.4 Å². The fourth-order valence-electron chi connectivity index (χ4n) is 4.75. The van der Waals surface area contributed by atoms with Crippen molar-refractivity contribution >= 4 is 52.3 Å². The summed E-state index contributed by atoms with van der Waals surface area (Å²) >= 11 is 1.56. The summed E-state index contributed by atoms with van der Waals surface area (Å²) in [5, 5.41) is 8.77. The molecule has 0 radical (unpaired) electrons. The summed E-state index contributed by atoms with van der Waals surface area (Å²) in [6, 6.07) is 4.02. The molecule has 2 amide bonds. The molecule has 1 aliphatic carbocycles. The molecule has 2 N–H and O–H groups in total. The van der Waals surface area contributed by atoms with Gasteiger partial charge in [0.15, 0.2) is 0 Å². The second-order valence-electron chi connectivity index (χ2n) is 9.53. The van der Waals surface area contributed by atoms with Crippen LogP contribution in [-0.2, 0) is 11.2 Å². The topological polar surface area (TPSA) is 100 Å². The molecule has 2 aliphatic rings. The van der Waals surface area contributed by atoms with Crippen molar-refractivity contribution in [3.63, 3.8) is 0 Å². The van der Waals surface area contributed by atoms with Crippen molar-refractivity contribution in [1.29, 1.82) is 0 Å². The average molecular weight is 515 g/mol. The Morgan fingerprint density at radius 1 is 1.22 bits per heavy atom. The third kappa shape index (κ3) is 5.68. The van der Waals surface area contributed by atoms with Crippen LogP contribution in [0.3, 0.4) is 0 Å². The minimum absolute atomic E-state index is 0.0847. The Morgan fingerprint density at radius 2 is 2.08 bits per heavy atom. The van der Waals surface area contributed by atoms with Gasteiger partial charge in [-0.3, -0.25) is 24.5 Å². The smallest absolute Gasteiger partial charge is 0.257 e. The van der Waals surface area contributed by atoms with Crippen LogP contribution in [-0.4, -0.2) is 50.8 Å². The van der Waals surface area contributed by atoms with E-state index < -0.39 is 0 Å². The number of likely N-dealkylation sites (tertiary alicyclic amines) is 1. The van der Waals surface area contributed by atoms with E-state index in [0.717, 1.165) is 59.8 Å². The summed E-state index contributed by atoms with van der Waals surface area (Å²) in [6.07, 6.45) is 10.9. The van der Waals surface area contributed by atoms with Crippen LogP contribution < -0.4 is 10.6 Å². The Balaban J connectivity index is 1.29. The van der Waals surface area contributed by atoms with Crippen molar-refractivity contribution in [3.8, 4) is 0 Å². The van der Waals surface area contributed by atoms with E-state index >= 15 is 0 Å². The van der Waals surface area contributed by atoms with Crippen LogP contribution in [0.2, 0.25) is 0 Å². The van der Waals surface area contributed by atoms with Crippen LogP contribution >= 0.6 is 11.3 Å². The molecule has 0 bridgehead atoms. The highest BCUT2D eigenvalue weighted by molar-refractivity contribution is 7.10. The van der Waals surface area contributed by atoms with Gasteiger partial charge in [-0.05, 0) is 81.5 Å². The van der Waals surface area contributed by atoms with Crippen LogP contribution in [0.5, 0.6) is 0 Å². The SMILES string of the molecule is C=Cc1nc(C2=Cc3cc(C(=O)Nc4cc(NC(=O)CN5CCC[C@@H]5C)cnc4C)cnc3CC2)cs1. The largest absolute Gasteiger partial charge is 0.324 e. The van der Waals surface area contributed by atoms with Gasteiger partial charge >= 0.3 is 0 Å². The van der Waals surface area contributed by atoms with Gasteiger partial charge in [0.1, 0.15) is 5.01 Å². The first-order valence-corrected chi connectivity index (χ1v) is 13.4. The van der Waals surface area contributed by atoms with Crippen LogP contribution in [0, 0.1) is 6.92 Å². The van der Waals surface area contributed by atoms with Gasteiger partial charge in [-0.15, -0.1) is 11.3 Å². The van der Waals surface area contributed by atoms with E-state index in [9.17, 15) is 9.59 Å². The lowest BCUT2D eigenvalue weighted by atomic mass is 9.94. The normalized spacial score (nSPS) is 17.1. The highest BCUT2D eigenvalue weighted by Crippen LogP contribution is 2.31. The first-order valence-electron chi connectivity index (χ1n) is 12.5. The van der Waals surface area contributed by atoms with Crippen molar-refractivity contribution in [1.82, 2.24) is 19.9 Å². The second kappa shape index (κ2) is 10.7. The maximum atomic E-state index is 13.1. The number of nitrogens with one attached hydrogen (secondary N) is 2. The summed E-state index contributed by atoms with van der Waals surface area (Å²) in [6.45, 7) is 9.04. The first kappa shape index (κ1) is 25.0. The molecule has 0 saturated carbocycles. The number of amides is 2. The number of pyridine rings is 2. The number of aryl methyl sites for hydroxylation is 2. The first-order chi connectivity index (χ1) is 17.9. The molecule has 0 aromatic carbocycles. The number of allylic oxidation sites excluding steroid dienone is 1. The molecular formula is C28H30N6O2S. The van der Waals surface area contributed by atoms with Crippen molar-refractivity contribution < 1.29 is 9.59 Å². The van der Waals surface area contributed by atoms with E-state index in [0.29, 0.717) is 35.2 Å². The van der Waals surface area contributed by atoms with Gasteiger partial charge in [-0.1, -0.05) is 6.58 Å². The molecule has 1 atom stereocenters. The van der Waals surface area contributed by atoms with E-state index in [1.807, 2.05) is 18.4 Å². The van der Waals surface area contributed by atoms with Crippen LogP contribution in [0.1, 0.15) is 64.2 Å². The highest BCUT2D eigenvalue weighted by Gasteiger charge is 2.22. The van der Waals surface area contributed by atoms with Gasteiger partial charge in [0, 0.05) is 23.3 Å². The number of carbonyl (C=O) groups is 2. The molecule has 9 heteroatoms. The zero-order valence-corrected chi connectivity index (χ0v) is 21.9. The third-order valence-electron chi connectivity index (χ3n) is 6.91. The van der Waals surface area contributed by atoms with Gasteiger partial charge in [-0.2, -0.15) is 0 Å². The number of hydrogen-bond acceptors (Lipinski definition) is 7. The zero-order valence-electron chi connectivity index (χ0n) is 21.1. The maximum Gasteiger partial charge on any atom is 0.257 e. The van der Waals surface area contributed by atoms with Crippen molar-refractivity contribution in [2.75, 3.05) is 23.7 Å². The molecule has 37 heavy (non-hydrogen) atoms. The van der Waals surface area contributed by atoms with Gasteiger partial charge in [-0.25, -0.2) is 4.98 Å². The summed E-state index contributed by atoms with van der Waals surface area (Å²) in [5.74, 6) is -0.365. The van der Waals surface area contributed by atoms with E-state index in [-0.39, 0.29) is 11.8 Å². The Hall–Kier alpha value is -3.69. The van der Waals surface area contributed by atoms with Crippen molar-refractivity contribution in [2.24, 2.45) is 0 Å². The minimum Gasteiger partial charge on any atom is -0.324 e. The summed E-state index contributed by atoms with van der Waals surface area (Å²) in [4.78, 5) is 41.4. The average Bonchev–Trinajstić information content (AvgIpc) is 3.54. The maximum absolute atomic E-state index is 13.1. The quantitative estimate of drug-likeness (QED) is 0.458. The summed E-state index contributed by atoms with van der Waals surface area (Å²) < 4.78 is 0. The second-order valence-corrected chi connectivity index (χ2v) is 10.4. The number of aromatic nitrogens is 3. The lowest BCUT2D eigenvalue weighted by Gasteiger charge is -2.20. The number of rotatable bonds is 7. The number of fused-ring (bicyclic) bond motifs is 1. The molecule has 4 heterocycles. The lowest BCUT2D eigenvalue weighted by molar-refractivity contribution is -0.117. The monoisotopic (exact) mass is 514 g/mol. The number of anilines is 2. The van der Waals surface area contributed by atoms with Gasteiger partial charge in [0.25, 0.3) is 5.91 Å². The highest BCUT2D eigenvalue weighted by atomic mass is 32.1. The van der Waals surface area contributed by atoms with Crippen LogP contribution in [0.15, 0.2) is 36.5 Å². The van der Waals surface area contributed by atoms with Gasteiger partial charge in [0.05, 0.1) is 41.1 Å². The van der Waals surface area contributed by atoms with Crippen LogP contribution in [0.25, 0.3) is 17.7 Å². The molecule has 190 valence electrons. The molecular weight excluding hydrogens is 484 g/mol. The molecule has 3 aromatic heterocycles. The molecule has 1 fully saturated rings. The van der Waals surface area contributed by atoms with E-state index in [1.165, 1.54) is 0 Å².